The molecule has 2 aromatic rings. The minimum atomic E-state index is -0.246. The van der Waals surface area contributed by atoms with Crippen LogP contribution in [0, 0.1) is 0 Å². The molecule has 18 heavy (non-hydrogen) atoms. The summed E-state index contributed by atoms with van der Waals surface area (Å²) in [5.74, 6) is -0.00437. The van der Waals surface area contributed by atoms with Gasteiger partial charge in [-0.15, -0.1) is 0 Å². The number of amides is 1. The van der Waals surface area contributed by atoms with Gasteiger partial charge in [-0.05, 0) is 42.0 Å². The van der Waals surface area contributed by atoms with Crippen LogP contribution in [0.15, 0.2) is 42.5 Å². The number of nitrogens with one attached hydrogen (secondary N) is 1. The number of nitrogens with zero attached hydrogens (tertiary/aromatic N) is 1. The van der Waals surface area contributed by atoms with Crippen LogP contribution in [0.3, 0.4) is 0 Å². The van der Waals surface area contributed by atoms with Crippen molar-refractivity contribution in [1.82, 2.24) is 5.32 Å². The molecule has 0 aromatic heterocycles. The smallest absolute Gasteiger partial charge is 0.255 e. The fraction of sp³-hybridized carbons (Fsp3) is 0.143. The highest BCUT2D eigenvalue weighted by Gasteiger charge is 2.33. The van der Waals surface area contributed by atoms with Gasteiger partial charge in [-0.25, -0.2) is 0 Å². The van der Waals surface area contributed by atoms with Crippen LogP contribution in [0.4, 0.5) is 5.69 Å². The number of hydrogen-bond acceptors (Lipinski definition) is 2. The van der Waals surface area contributed by atoms with Gasteiger partial charge in [0.1, 0.15) is 6.04 Å². The quantitative estimate of drug-likeness (QED) is 0.795. The molecule has 1 atom stereocenters. The molecular weight excluding hydrogens is 244 g/mol. The fourth-order valence-corrected chi connectivity index (χ4v) is 2.54. The molecule has 1 aliphatic heterocycles. The maximum absolute atomic E-state index is 12.0. The summed E-state index contributed by atoms with van der Waals surface area (Å²) >= 11 is 5.19. The van der Waals surface area contributed by atoms with Gasteiger partial charge in [-0.3, -0.25) is 9.69 Å². The topological polar surface area (TPSA) is 32.3 Å². The number of rotatable bonds is 1. The van der Waals surface area contributed by atoms with Crippen molar-refractivity contribution >= 4 is 39.7 Å². The largest absolute Gasteiger partial charge is 0.350 e. The number of carbonyl (C=O) groups excluding carboxylic acids is 1. The third-order valence-electron chi connectivity index (χ3n) is 3.13. The normalized spacial score (nSPS) is 19.4. The molecule has 1 unspecified atom stereocenters. The van der Waals surface area contributed by atoms with E-state index >= 15 is 0 Å². The molecular formula is C14H12N2OS. The Kier molecular flexibility index (Phi) is 2.52. The van der Waals surface area contributed by atoms with Gasteiger partial charge in [0, 0.05) is 0 Å². The number of carbonyl (C=O) groups is 1. The monoisotopic (exact) mass is 256 g/mol. The van der Waals surface area contributed by atoms with Gasteiger partial charge in [0.15, 0.2) is 5.11 Å². The highest BCUT2D eigenvalue weighted by molar-refractivity contribution is 7.80. The summed E-state index contributed by atoms with van der Waals surface area (Å²) in [6.07, 6.45) is 0. The van der Waals surface area contributed by atoms with Crippen LogP contribution < -0.4 is 10.2 Å². The standard InChI is InChI=1S/C14H12N2OS/c1-9-13(17)16(14(18)15-9)12-7-6-10-4-2-3-5-11(10)8-12/h2-9H,1H3,(H,15,18). The van der Waals surface area contributed by atoms with Crippen LogP contribution in [-0.2, 0) is 4.79 Å². The average molecular weight is 256 g/mol. The first-order valence-corrected chi connectivity index (χ1v) is 6.21. The van der Waals surface area contributed by atoms with E-state index in [-0.39, 0.29) is 11.9 Å². The molecule has 3 rings (SSSR count). The first-order valence-electron chi connectivity index (χ1n) is 5.80. The minimum Gasteiger partial charge on any atom is -0.350 e. The van der Waals surface area contributed by atoms with Gasteiger partial charge in [0.25, 0.3) is 5.91 Å². The molecule has 90 valence electrons. The Bertz CT molecular complexity index is 653. The Morgan fingerprint density at radius 3 is 2.56 bits per heavy atom. The van der Waals surface area contributed by atoms with E-state index in [2.05, 4.69) is 5.32 Å². The van der Waals surface area contributed by atoms with Crippen LogP contribution >= 0.6 is 12.2 Å². The average Bonchev–Trinajstić information content (AvgIpc) is 2.63. The maximum atomic E-state index is 12.0. The van der Waals surface area contributed by atoms with Crippen molar-refractivity contribution in [2.45, 2.75) is 13.0 Å². The zero-order chi connectivity index (χ0) is 12.7. The lowest BCUT2D eigenvalue weighted by atomic mass is 10.1. The summed E-state index contributed by atoms with van der Waals surface area (Å²) < 4.78 is 0. The fourth-order valence-electron chi connectivity index (χ4n) is 2.17. The van der Waals surface area contributed by atoms with Crippen molar-refractivity contribution in [3.05, 3.63) is 42.5 Å². The van der Waals surface area contributed by atoms with E-state index in [9.17, 15) is 4.79 Å². The van der Waals surface area contributed by atoms with E-state index in [1.807, 2.05) is 49.4 Å². The van der Waals surface area contributed by atoms with Crippen molar-refractivity contribution in [1.29, 1.82) is 0 Å². The molecule has 1 heterocycles. The summed E-state index contributed by atoms with van der Waals surface area (Å²) in [6.45, 7) is 1.82. The minimum absolute atomic E-state index is 0.00437. The summed E-state index contributed by atoms with van der Waals surface area (Å²) in [7, 11) is 0. The molecule has 1 fully saturated rings. The number of benzene rings is 2. The summed E-state index contributed by atoms with van der Waals surface area (Å²) in [6, 6.07) is 13.7. The first-order chi connectivity index (χ1) is 8.66. The molecule has 2 aromatic carbocycles. The number of hydrogen-bond donors (Lipinski definition) is 1. The summed E-state index contributed by atoms with van der Waals surface area (Å²) in [5.41, 5.74) is 0.820. The van der Waals surface area contributed by atoms with Crippen molar-refractivity contribution in [2.24, 2.45) is 0 Å². The van der Waals surface area contributed by atoms with Gasteiger partial charge in [0.2, 0.25) is 0 Å². The van der Waals surface area contributed by atoms with Gasteiger partial charge >= 0.3 is 0 Å². The predicted molar refractivity (Wildman–Crippen MR) is 76.6 cm³/mol. The summed E-state index contributed by atoms with van der Waals surface area (Å²) in [4.78, 5) is 13.6. The molecule has 4 heteroatoms. The third-order valence-corrected chi connectivity index (χ3v) is 3.43. The van der Waals surface area contributed by atoms with Crippen LogP contribution in [0.2, 0.25) is 0 Å². The van der Waals surface area contributed by atoms with Crippen molar-refractivity contribution < 1.29 is 4.79 Å². The maximum Gasteiger partial charge on any atom is 0.255 e. The van der Waals surface area contributed by atoms with Gasteiger partial charge in [0.05, 0.1) is 5.69 Å². The number of thiocarbonyl (C=S) groups is 1. The molecule has 0 spiro atoms. The van der Waals surface area contributed by atoms with Crippen LogP contribution in [0.25, 0.3) is 10.8 Å². The van der Waals surface area contributed by atoms with E-state index in [0.29, 0.717) is 5.11 Å². The van der Waals surface area contributed by atoms with Crippen LogP contribution in [-0.4, -0.2) is 17.1 Å². The van der Waals surface area contributed by atoms with Crippen LogP contribution in [0.5, 0.6) is 0 Å². The van der Waals surface area contributed by atoms with Crippen LogP contribution in [0.1, 0.15) is 6.92 Å². The van der Waals surface area contributed by atoms with Crippen molar-refractivity contribution in [2.75, 3.05) is 4.90 Å². The Morgan fingerprint density at radius 2 is 1.89 bits per heavy atom. The van der Waals surface area contributed by atoms with E-state index in [1.165, 1.54) is 0 Å². The Morgan fingerprint density at radius 1 is 1.17 bits per heavy atom. The van der Waals surface area contributed by atoms with E-state index in [1.54, 1.807) is 4.90 Å². The van der Waals surface area contributed by atoms with Crippen molar-refractivity contribution in [3.63, 3.8) is 0 Å². The Hall–Kier alpha value is -1.94. The second kappa shape index (κ2) is 4.07. The molecule has 1 amide bonds. The van der Waals surface area contributed by atoms with E-state index in [0.717, 1.165) is 16.5 Å². The van der Waals surface area contributed by atoms with E-state index < -0.39 is 0 Å². The predicted octanol–water partition coefficient (Wildman–Crippen LogP) is 2.45. The third kappa shape index (κ3) is 1.66. The second-order valence-electron chi connectivity index (χ2n) is 4.38. The highest BCUT2D eigenvalue weighted by Crippen LogP contribution is 2.24. The summed E-state index contributed by atoms with van der Waals surface area (Å²) in [5, 5.41) is 5.70. The molecule has 1 saturated heterocycles. The molecule has 1 aliphatic rings. The SMILES string of the molecule is CC1NC(=S)N(c2ccc3ccccc3c2)C1=O. The lowest BCUT2D eigenvalue weighted by Crippen LogP contribution is -2.30. The van der Waals surface area contributed by atoms with Gasteiger partial charge in [-0.1, -0.05) is 30.3 Å². The molecule has 1 N–H and O–H groups in total. The van der Waals surface area contributed by atoms with Crippen molar-refractivity contribution in [3.8, 4) is 0 Å². The lowest BCUT2D eigenvalue weighted by Gasteiger charge is -2.15. The molecule has 3 nitrogen and oxygen atoms in total. The van der Waals surface area contributed by atoms with Gasteiger partial charge in [-0.2, -0.15) is 0 Å². The zero-order valence-corrected chi connectivity index (χ0v) is 10.7. The molecule has 0 bridgehead atoms. The second-order valence-corrected chi connectivity index (χ2v) is 4.76. The number of anilines is 1. The lowest BCUT2D eigenvalue weighted by molar-refractivity contribution is -0.117. The highest BCUT2D eigenvalue weighted by atomic mass is 32.1. The molecule has 0 aliphatic carbocycles. The van der Waals surface area contributed by atoms with E-state index in [4.69, 9.17) is 12.2 Å². The first kappa shape index (κ1) is 11.2. The Labute approximate surface area is 110 Å². The Balaban J connectivity index is 2.09. The van der Waals surface area contributed by atoms with Gasteiger partial charge < -0.3 is 5.32 Å². The molecule has 0 saturated carbocycles. The molecule has 0 radical (unpaired) electrons. The number of fused-ring (bicyclic) bond motifs is 1. The zero-order valence-electron chi connectivity index (χ0n) is 9.88.